The first-order valence-corrected chi connectivity index (χ1v) is 11.9. The van der Waals surface area contributed by atoms with Crippen molar-refractivity contribution in [1.82, 2.24) is 10.6 Å². The van der Waals surface area contributed by atoms with Crippen LogP contribution in [0.4, 0.5) is 4.79 Å². The predicted octanol–water partition coefficient (Wildman–Crippen LogP) is 4.56. The number of benzene rings is 2. The molecule has 2 amide bonds. The number of hydrogen-bond donors (Lipinski definition) is 3. The fourth-order valence-electron chi connectivity index (χ4n) is 4.51. The van der Waals surface area contributed by atoms with Crippen molar-refractivity contribution in [3.63, 3.8) is 0 Å². The fourth-order valence-corrected chi connectivity index (χ4v) is 4.51. The van der Waals surface area contributed by atoms with Crippen LogP contribution in [0.15, 0.2) is 48.5 Å². The van der Waals surface area contributed by atoms with Crippen LogP contribution in [-0.4, -0.2) is 42.3 Å². The molecule has 0 saturated carbocycles. The summed E-state index contributed by atoms with van der Waals surface area (Å²) in [5.74, 6) is -0.756. The highest BCUT2D eigenvalue weighted by atomic mass is 16.5. The van der Waals surface area contributed by atoms with Crippen molar-refractivity contribution in [1.29, 1.82) is 0 Å². The first-order chi connectivity index (χ1) is 16.3. The molecule has 0 bridgehead atoms. The van der Waals surface area contributed by atoms with Crippen LogP contribution >= 0.6 is 0 Å². The Morgan fingerprint density at radius 1 is 0.941 bits per heavy atom. The third kappa shape index (κ3) is 6.37. The second-order valence-electron chi connectivity index (χ2n) is 9.21. The highest BCUT2D eigenvalue weighted by Crippen LogP contribution is 2.44. The fraction of sp³-hybridized carbons (Fsp3) is 0.444. The van der Waals surface area contributed by atoms with Gasteiger partial charge < -0.3 is 20.5 Å². The van der Waals surface area contributed by atoms with Crippen LogP contribution < -0.4 is 10.6 Å². The Kier molecular flexibility index (Phi) is 8.68. The Labute approximate surface area is 200 Å². The number of carboxylic acid groups (broad SMARTS) is 1. The normalized spacial score (nSPS) is 14.1. The van der Waals surface area contributed by atoms with Gasteiger partial charge in [0.05, 0.1) is 0 Å². The summed E-state index contributed by atoms with van der Waals surface area (Å²) in [6, 6.07) is 15.5. The largest absolute Gasteiger partial charge is 0.480 e. The van der Waals surface area contributed by atoms with E-state index in [0.717, 1.165) is 0 Å². The number of alkyl carbamates (subject to hydrolysis) is 1. The van der Waals surface area contributed by atoms with E-state index in [1.165, 1.54) is 29.2 Å². The smallest absolute Gasteiger partial charge is 0.407 e. The Hall–Kier alpha value is -3.35. The molecule has 2 aromatic carbocycles. The van der Waals surface area contributed by atoms with Crippen molar-refractivity contribution in [2.75, 3.05) is 13.2 Å². The van der Waals surface area contributed by atoms with E-state index in [0.29, 0.717) is 25.3 Å². The third-order valence-corrected chi connectivity index (χ3v) is 6.56. The van der Waals surface area contributed by atoms with E-state index in [1.807, 2.05) is 24.3 Å². The highest BCUT2D eigenvalue weighted by molar-refractivity contribution is 5.83. The topological polar surface area (TPSA) is 105 Å². The number of carbonyl (C=O) groups excluding carboxylic acids is 2. The van der Waals surface area contributed by atoms with Crippen molar-refractivity contribution in [2.24, 2.45) is 11.8 Å². The number of carbonyl (C=O) groups is 3. The molecule has 3 rings (SSSR count). The van der Waals surface area contributed by atoms with Crippen molar-refractivity contribution in [3.8, 4) is 11.1 Å². The Bertz CT molecular complexity index is 974. The zero-order valence-electron chi connectivity index (χ0n) is 20.0. The lowest BCUT2D eigenvalue weighted by Gasteiger charge is -2.21. The molecule has 182 valence electrons. The van der Waals surface area contributed by atoms with Gasteiger partial charge in [0.25, 0.3) is 0 Å². The van der Waals surface area contributed by atoms with E-state index < -0.39 is 18.1 Å². The van der Waals surface area contributed by atoms with E-state index in [4.69, 9.17) is 9.84 Å². The summed E-state index contributed by atoms with van der Waals surface area (Å²) in [6.07, 6.45) is 1.15. The second kappa shape index (κ2) is 11.7. The summed E-state index contributed by atoms with van der Waals surface area (Å²) in [6.45, 7) is 6.33. The van der Waals surface area contributed by atoms with Crippen molar-refractivity contribution < 1.29 is 24.2 Å². The average molecular weight is 467 g/mol. The number of aliphatic carboxylic acids is 1. The molecule has 0 heterocycles. The maximum atomic E-state index is 12.4. The maximum absolute atomic E-state index is 12.4. The van der Waals surface area contributed by atoms with Gasteiger partial charge in [-0.3, -0.25) is 9.59 Å². The number of nitrogens with one attached hydrogen (secondary N) is 2. The first kappa shape index (κ1) is 25.3. The minimum Gasteiger partial charge on any atom is -0.480 e. The lowest BCUT2D eigenvalue weighted by Crippen LogP contribution is -2.38. The molecule has 1 aliphatic carbocycles. The molecule has 0 saturated heterocycles. The number of amides is 2. The first-order valence-electron chi connectivity index (χ1n) is 11.9. The monoisotopic (exact) mass is 466 g/mol. The molecule has 2 aromatic rings. The van der Waals surface area contributed by atoms with Crippen molar-refractivity contribution >= 4 is 18.0 Å². The number of rotatable bonds is 11. The van der Waals surface area contributed by atoms with E-state index >= 15 is 0 Å². The minimum absolute atomic E-state index is 0.0215. The zero-order chi connectivity index (χ0) is 24.7. The second-order valence-corrected chi connectivity index (χ2v) is 9.21. The number of fused-ring (bicyclic) bond motifs is 3. The van der Waals surface area contributed by atoms with E-state index in [-0.39, 0.29) is 30.8 Å². The summed E-state index contributed by atoms with van der Waals surface area (Å²) in [7, 11) is 0. The molecule has 7 nitrogen and oxygen atoms in total. The van der Waals surface area contributed by atoms with Gasteiger partial charge in [0.15, 0.2) is 0 Å². The van der Waals surface area contributed by atoms with Gasteiger partial charge in [0.2, 0.25) is 5.91 Å². The Balaban J connectivity index is 1.45. The van der Waals surface area contributed by atoms with Gasteiger partial charge in [0, 0.05) is 18.9 Å². The molecule has 0 aromatic heterocycles. The van der Waals surface area contributed by atoms with Gasteiger partial charge in [-0.1, -0.05) is 62.4 Å². The van der Waals surface area contributed by atoms with Gasteiger partial charge in [-0.2, -0.15) is 0 Å². The summed E-state index contributed by atoms with van der Waals surface area (Å²) < 4.78 is 5.58. The van der Waals surface area contributed by atoms with Gasteiger partial charge >= 0.3 is 12.1 Å². The summed E-state index contributed by atoms with van der Waals surface area (Å²) >= 11 is 0. The molecular weight excluding hydrogens is 432 g/mol. The maximum Gasteiger partial charge on any atom is 0.407 e. The molecule has 1 aliphatic rings. The lowest BCUT2D eigenvalue weighted by atomic mass is 9.88. The summed E-state index contributed by atoms with van der Waals surface area (Å²) in [5.41, 5.74) is 4.72. The molecule has 0 spiro atoms. The van der Waals surface area contributed by atoms with Crippen LogP contribution in [0.25, 0.3) is 11.1 Å². The molecular formula is C27H34N2O5. The molecule has 0 radical (unpaired) electrons. The molecule has 2 atom stereocenters. The Morgan fingerprint density at radius 2 is 1.53 bits per heavy atom. The van der Waals surface area contributed by atoms with Gasteiger partial charge in [-0.25, -0.2) is 4.79 Å². The quantitative estimate of drug-likeness (QED) is 0.450. The number of carboxylic acids is 1. The molecule has 1 unspecified atom stereocenters. The molecule has 7 heteroatoms. The highest BCUT2D eigenvalue weighted by Gasteiger charge is 2.29. The van der Waals surface area contributed by atoms with Crippen LogP contribution in [0.1, 0.15) is 57.1 Å². The standard InChI is InChI=1S/C27H34N2O5/c1-17(2)19(12-13-25(30)29-18(3)26(31)32)14-15-28-27(33)34-16-24-22-10-6-4-8-20(22)21-9-5-7-11-23(21)24/h4-11,17-19,24H,12-16H2,1-3H3,(H,28,33)(H,29,30)(H,31,32)/t18-,19?/m0/s1. The third-order valence-electron chi connectivity index (χ3n) is 6.56. The van der Waals surface area contributed by atoms with Crippen LogP contribution in [0.3, 0.4) is 0 Å². The van der Waals surface area contributed by atoms with Crippen molar-refractivity contribution in [3.05, 3.63) is 59.7 Å². The minimum atomic E-state index is -1.05. The average Bonchev–Trinajstić information content (AvgIpc) is 3.13. The predicted molar refractivity (Wildman–Crippen MR) is 130 cm³/mol. The van der Waals surface area contributed by atoms with Crippen LogP contribution in [0.2, 0.25) is 0 Å². The van der Waals surface area contributed by atoms with Crippen molar-refractivity contribution in [2.45, 2.75) is 52.0 Å². The van der Waals surface area contributed by atoms with Gasteiger partial charge in [0.1, 0.15) is 12.6 Å². The molecule has 34 heavy (non-hydrogen) atoms. The lowest BCUT2D eigenvalue weighted by molar-refractivity contribution is -0.141. The Morgan fingerprint density at radius 3 is 2.09 bits per heavy atom. The molecule has 0 aliphatic heterocycles. The van der Waals surface area contributed by atoms with E-state index in [9.17, 15) is 14.4 Å². The van der Waals surface area contributed by atoms with Crippen LogP contribution in [0, 0.1) is 11.8 Å². The van der Waals surface area contributed by atoms with Crippen LogP contribution in [0.5, 0.6) is 0 Å². The van der Waals surface area contributed by atoms with E-state index in [2.05, 4.69) is 48.7 Å². The summed E-state index contributed by atoms with van der Waals surface area (Å²) in [4.78, 5) is 35.2. The van der Waals surface area contributed by atoms with E-state index in [1.54, 1.807) is 0 Å². The summed E-state index contributed by atoms with van der Waals surface area (Å²) in [5, 5.41) is 14.2. The molecule has 0 fully saturated rings. The SMILES string of the molecule is CC(C)C(CCNC(=O)OCC1c2ccccc2-c2ccccc21)CCC(=O)N[C@@H](C)C(=O)O. The zero-order valence-corrected chi connectivity index (χ0v) is 20.0. The molecule has 3 N–H and O–H groups in total. The number of hydrogen-bond acceptors (Lipinski definition) is 4. The van der Waals surface area contributed by atoms with Gasteiger partial charge in [-0.05, 0) is 53.9 Å². The number of ether oxygens (including phenoxy) is 1. The van der Waals surface area contributed by atoms with Gasteiger partial charge in [-0.15, -0.1) is 0 Å². The van der Waals surface area contributed by atoms with Crippen LogP contribution in [-0.2, 0) is 14.3 Å².